The zero-order chi connectivity index (χ0) is 14.4. The lowest BCUT2D eigenvalue weighted by molar-refractivity contribution is -0.106. The monoisotopic (exact) mass is 270 g/mol. The van der Waals surface area contributed by atoms with Crippen LogP contribution >= 0.6 is 0 Å². The average molecular weight is 270 g/mol. The van der Waals surface area contributed by atoms with E-state index >= 15 is 0 Å². The van der Waals surface area contributed by atoms with Crippen LogP contribution in [-0.2, 0) is 9.47 Å². The number of hydrogen-bond donors (Lipinski definition) is 0. The summed E-state index contributed by atoms with van der Waals surface area (Å²) in [6.45, 7) is 2.22. The molecule has 0 aromatic heterocycles. The van der Waals surface area contributed by atoms with Crippen LogP contribution in [0, 0.1) is 0 Å². The van der Waals surface area contributed by atoms with Crippen LogP contribution in [0.4, 0.5) is 0 Å². The van der Waals surface area contributed by atoms with Gasteiger partial charge in [0.2, 0.25) is 0 Å². The average Bonchev–Trinajstić information content (AvgIpc) is 2.51. The van der Waals surface area contributed by atoms with Gasteiger partial charge in [-0.05, 0) is 17.5 Å². The van der Waals surface area contributed by atoms with Gasteiger partial charge in [-0.1, -0.05) is 61.5 Å². The van der Waals surface area contributed by atoms with Crippen molar-refractivity contribution in [3.05, 3.63) is 71.3 Å². The molecule has 0 aliphatic rings. The van der Waals surface area contributed by atoms with Gasteiger partial charge >= 0.3 is 0 Å². The molecule has 20 heavy (non-hydrogen) atoms. The normalized spacial score (nSPS) is 12.6. The smallest absolute Gasteiger partial charge is 0.183 e. The third-order valence-corrected chi connectivity index (χ3v) is 3.62. The van der Waals surface area contributed by atoms with Gasteiger partial charge in [0.15, 0.2) is 6.29 Å². The molecule has 0 saturated carbocycles. The Morgan fingerprint density at radius 2 is 1.40 bits per heavy atom. The van der Waals surface area contributed by atoms with Crippen molar-refractivity contribution in [3.63, 3.8) is 0 Å². The molecule has 0 aliphatic carbocycles. The van der Waals surface area contributed by atoms with Gasteiger partial charge in [0, 0.05) is 25.7 Å². The van der Waals surface area contributed by atoms with Crippen LogP contribution in [0.5, 0.6) is 0 Å². The zero-order valence-corrected chi connectivity index (χ0v) is 12.4. The minimum absolute atomic E-state index is 0.303. The van der Waals surface area contributed by atoms with Gasteiger partial charge in [0.05, 0.1) is 0 Å². The highest BCUT2D eigenvalue weighted by atomic mass is 16.7. The predicted octanol–water partition coefficient (Wildman–Crippen LogP) is 4.52. The zero-order valence-electron chi connectivity index (χ0n) is 12.4. The number of benzene rings is 2. The molecule has 0 spiro atoms. The topological polar surface area (TPSA) is 18.5 Å². The first-order valence-corrected chi connectivity index (χ1v) is 7.00. The summed E-state index contributed by atoms with van der Waals surface area (Å²) >= 11 is 0. The van der Waals surface area contributed by atoms with Gasteiger partial charge in [-0.25, -0.2) is 0 Å². The Balaban J connectivity index is 2.33. The molecule has 0 heterocycles. The highest BCUT2D eigenvalue weighted by Gasteiger charge is 2.15. The summed E-state index contributed by atoms with van der Waals surface area (Å²) < 4.78 is 10.7. The van der Waals surface area contributed by atoms with E-state index in [2.05, 4.69) is 55.5 Å². The summed E-state index contributed by atoms with van der Waals surface area (Å²) in [5.41, 5.74) is 3.70. The number of hydrogen-bond acceptors (Lipinski definition) is 2. The van der Waals surface area contributed by atoms with Crippen LogP contribution in [0.25, 0.3) is 0 Å². The molecule has 0 fully saturated rings. The molecule has 0 amide bonds. The van der Waals surface area contributed by atoms with Crippen LogP contribution in [-0.4, -0.2) is 14.2 Å². The fourth-order valence-corrected chi connectivity index (χ4v) is 2.64. The summed E-state index contributed by atoms with van der Waals surface area (Å²) in [6.07, 6.45) is 0.765. The number of methoxy groups -OCH3 is 2. The number of ether oxygens (including phenoxy) is 2. The Hall–Kier alpha value is -1.64. The second-order valence-corrected chi connectivity index (χ2v) is 4.84. The maximum atomic E-state index is 5.34. The van der Waals surface area contributed by atoms with E-state index in [0.29, 0.717) is 5.92 Å². The molecule has 0 saturated heterocycles. The third-order valence-electron chi connectivity index (χ3n) is 3.62. The molecule has 2 aromatic carbocycles. The molecule has 0 bridgehead atoms. The molecule has 1 unspecified atom stereocenters. The van der Waals surface area contributed by atoms with Crippen molar-refractivity contribution in [1.29, 1.82) is 0 Å². The van der Waals surface area contributed by atoms with Gasteiger partial charge in [-0.2, -0.15) is 0 Å². The van der Waals surface area contributed by atoms with Gasteiger partial charge < -0.3 is 9.47 Å². The van der Waals surface area contributed by atoms with Gasteiger partial charge in [0.1, 0.15) is 0 Å². The maximum Gasteiger partial charge on any atom is 0.183 e. The van der Waals surface area contributed by atoms with Crippen molar-refractivity contribution in [2.24, 2.45) is 0 Å². The lowest BCUT2D eigenvalue weighted by Crippen LogP contribution is -2.06. The summed E-state index contributed by atoms with van der Waals surface area (Å²) in [7, 11) is 3.32. The third kappa shape index (κ3) is 3.27. The predicted molar refractivity (Wildman–Crippen MR) is 81.8 cm³/mol. The van der Waals surface area contributed by atoms with Gasteiger partial charge in [0.25, 0.3) is 0 Å². The molecule has 0 N–H and O–H groups in total. The standard InChI is InChI=1S/C18H22O2/c1-4-17(14-9-6-5-7-10-14)15-11-8-12-16(13-15)18(19-2)20-3/h5-13,17-18H,4H2,1-3H3. The van der Waals surface area contributed by atoms with E-state index in [1.54, 1.807) is 14.2 Å². The van der Waals surface area contributed by atoms with Crippen LogP contribution in [0.3, 0.4) is 0 Å². The SMILES string of the molecule is CCC(c1ccccc1)c1cccc(C(OC)OC)c1. The van der Waals surface area contributed by atoms with Crippen molar-refractivity contribution < 1.29 is 9.47 Å². The Kier molecular flexibility index (Phi) is 5.33. The molecule has 2 nitrogen and oxygen atoms in total. The fraction of sp³-hybridized carbons (Fsp3) is 0.333. The second kappa shape index (κ2) is 7.22. The fourth-order valence-electron chi connectivity index (χ4n) is 2.64. The van der Waals surface area contributed by atoms with Crippen LogP contribution in [0.15, 0.2) is 54.6 Å². The molecule has 2 rings (SSSR count). The highest BCUT2D eigenvalue weighted by molar-refractivity contribution is 5.35. The maximum absolute atomic E-state index is 5.34. The minimum Gasteiger partial charge on any atom is -0.352 e. The molecule has 2 heteroatoms. The summed E-state index contributed by atoms with van der Waals surface area (Å²) in [5, 5.41) is 0. The van der Waals surface area contributed by atoms with Crippen LogP contribution in [0.2, 0.25) is 0 Å². The highest BCUT2D eigenvalue weighted by Crippen LogP contribution is 2.30. The molecule has 106 valence electrons. The summed E-state index contributed by atoms with van der Waals surface area (Å²) in [4.78, 5) is 0. The van der Waals surface area contributed by atoms with E-state index in [1.807, 2.05) is 6.07 Å². The van der Waals surface area contributed by atoms with E-state index in [9.17, 15) is 0 Å². The molecular weight excluding hydrogens is 248 g/mol. The Morgan fingerprint density at radius 1 is 0.800 bits per heavy atom. The van der Waals surface area contributed by atoms with Crippen molar-refractivity contribution in [2.45, 2.75) is 25.6 Å². The molecule has 2 aromatic rings. The van der Waals surface area contributed by atoms with Crippen molar-refractivity contribution >= 4 is 0 Å². The molecule has 1 atom stereocenters. The summed E-state index contributed by atoms with van der Waals surface area (Å²) in [6, 6.07) is 19.1. The van der Waals surface area contributed by atoms with Crippen molar-refractivity contribution in [2.75, 3.05) is 14.2 Å². The van der Waals surface area contributed by atoms with E-state index in [1.165, 1.54) is 11.1 Å². The van der Waals surface area contributed by atoms with Crippen molar-refractivity contribution in [3.8, 4) is 0 Å². The Bertz CT molecular complexity index is 518. The lowest BCUT2D eigenvalue weighted by Gasteiger charge is -2.19. The first-order valence-electron chi connectivity index (χ1n) is 7.00. The molecular formula is C18H22O2. The number of rotatable bonds is 6. The first kappa shape index (κ1) is 14.8. The van der Waals surface area contributed by atoms with E-state index < -0.39 is 0 Å². The van der Waals surface area contributed by atoms with Crippen molar-refractivity contribution in [1.82, 2.24) is 0 Å². The molecule has 0 radical (unpaired) electrons. The van der Waals surface area contributed by atoms with Crippen LogP contribution in [0.1, 0.15) is 42.2 Å². The van der Waals surface area contributed by atoms with E-state index in [0.717, 1.165) is 12.0 Å². The second-order valence-electron chi connectivity index (χ2n) is 4.84. The van der Waals surface area contributed by atoms with Crippen LogP contribution < -0.4 is 0 Å². The van der Waals surface area contributed by atoms with Gasteiger partial charge in [-0.15, -0.1) is 0 Å². The Labute approximate surface area is 121 Å². The first-order chi connectivity index (χ1) is 9.80. The Morgan fingerprint density at radius 3 is 2.00 bits per heavy atom. The van der Waals surface area contributed by atoms with E-state index in [-0.39, 0.29) is 6.29 Å². The largest absolute Gasteiger partial charge is 0.352 e. The van der Waals surface area contributed by atoms with E-state index in [4.69, 9.17) is 9.47 Å². The lowest BCUT2D eigenvalue weighted by atomic mass is 9.88. The molecule has 0 aliphatic heterocycles. The minimum atomic E-state index is -0.303. The van der Waals surface area contributed by atoms with Gasteiger partial charge in [-0.3, -0.25) is 0 Å². The quantitative estimate of drug-likeness (QED) is 0.718. The summed E-state index contributed by atoms with van der Waals surface area (Å²) in [5.74, 6) is 0.408.